The number of anilines is 1. The molecule has 0 radical (unpaired) electrons. The number of nitrogens with one attached hydrogen (secondary N) is 3. The Balaban J connectivity index is 2.00. The number of fused-ring (bicyclic) bond motifs is 1. The van der Waals surface area contributed by atoms with Crippen molar-refractivity contribution in [2.24, 2.45) is 0 Å². The summed E-state index contributed by atoms with van der Waals surface area (Å²) in [6.45, 7) is 6.43. The summed E-state index contributed by atoms with van der Waals surface area (Å²) in [6.07, 6.45) is 9.16. The zero-order valence-corrected chi connectivity index (χ0v) is 19.9. The van der Waals surface area contributed by atoms with Crippen LogP contribution in [0.15, 0.2) is 71.2 Å². The summed E-state index contributed by atoms with van der Waals surface area (Å²) in [5, 5.41) is 15.1. The van der Waals surface area contributed by atoms with Crippen LogP contribution in [0.1, 0.15) is 31.9 Å². The molecule has 2 aliphatic rings. The second-order valence-corrected chi connectivity index (χ2v) is 8.60. The Morgan fingerprint density at radius 1 is 1.24 bits per heavy atom. The first-order valence-corrected chi connectivity index (χ1v) is 11.2. The summed E-state index contributed by atoms with van der Waals surface area (Å²) >= 11 is 6.12. The van der Waals surface area contributed by atoms with Crippen molar-refractivity contribution in [3.05, 3.63) is 92.9 Å². The Hall–Kier alpha value is -3.35. The third-order valence-electron chi connectivity index (χ3n) is 5.68. The van der Waals surface area contributed by atoms with Gasteiger partial charge < -0.3 is 20.8 Å². The lowest BCUT2D eigenvalue weighted by atomic mass is 9.92. The smallest absolute Gasteiger partial charge is 0.264 e. The second kappa shape index (κ2) is 8.89. The normalized spacial score (nSPS) is 20.8. The largest absolute Gasteiger partial charge is 0.393 e. The summed E-state index contributed by atoms with van der Waals surface area (Å²) in [5.74, 6) is 0.668. The summed E-state index contributed by atoms with van der Waals surface area (Å²) in [5.41, 5.74) is 4.07. The van der Waals surface area contributed by atoms with E-state index < -0.39 is 5.72 Å². The number of ether oxygens (including phenoxy) is 1. The highest BCUT2D eigenvalue weighted by Crippen LogP contribution is 2.37. The van der Waals surface area contributed by atoms with Gasteiger partial charge in [-0.05, 0) is 80.5 Å². The van der Waals surface area contributed by atoms with Gasteiger partial charge in [-0.1, -0.05) is 17.7 Å². The highest BCUT2D eigenvalue weighted by Gasteiger charge is 2.31. The monoisotopic (exact) mass is 462 g/mol. The molecule has 33 heavy (non-hydrogen) atoms. The van der Waals surface area contributed by atoms with Gasteiger partial charge in [0, 0.05) is 41.6 Å². The van der Waals surface area contributed by atoms with Crippen molar-refractivity contribution in [2.75, 3.05) is 19.0 Å². The van der Waals surface area contributed by atoms with Crippen LogP contribution < -0.4 is 16.2 Å². The number of hydrogen-bond donors (Lipinski definition) is 3. The predicted molar refractivity (Wildman–Crippen MR) is 136 cm³/mol. The standard InChI is InChI=1S/C26H27ClN4O2/c1-5-33-26(3)14-16(2)21-13-22(17-6-11-23(28)18(12-17)15-29-4)25(32)31(24(21)30-26)20-9-7-19(27)8-10-20/h6-15,28-30H,5H2,1-4H3/b18-15-,28-23?/t26-/m0/s1. The van der Waals surface area contributed by atoms with Gasteiger partial charge in [0.2, 0.25) is 0 Å². The number of aromatic nitrogens is 1. The number of rotatable bonds is 5. The van der Waals surface area contributed by atoms with E-state index in [4.69, 9.17) is 21.7 Å². The fourth-order valence-electron chi connectivity index (χ4n) is 4.23. The first-order chi connectivity index (χ1) is 15.8. The SMILES string of the molecule is CCO[C@@]1(C)C=C(C)c2cc(C3=C/C(=C/NC)C(=N)C=C3)c(=O)n(-c3ccc(Cl)cc3)c2N1. The molecule has 6 nitrogen and oxygen atoms in total. The van der Waals surface area contributed by atoms with E-state index in [-0.39, 0.29) is 5.56 Å². The van der Waals surface area contributed by atoms with E-state index in [0.717, 1.165) is 16.7 Å². The molecule has 3 N–H and O–H groups in total. The Labute approximate surface area is 198 Å². The Morgan fingerprint density at radius 3 is 2.64 bits per heavy atom. The van der Waals surface area contributed by atoms with Gasteiger partial charge in [0.05, 0.1) is 11.4 Å². The molecule has 1 aromatic heterocycles. The molecule has 0 saturated heterocycles. The lowest BCUT2D eigenvalue weighted by Crippen LogP contribution is -2.41. The molecule has 0 amide bonds. The summed E-state index contributed by atoms with van der Waals surface area (Å²) in [6, 6.07) is 9.11. The maximum absolute atomic E-state index is 13.9. The van der Waals surface area contributed by atoms with E-state index in [1.54, 1.807) is 36.0 Å². The maximum Gasteiger partial charge on any atom is 0.264 e. The molecular formula is C26H27ClN4O2. The van der Waals surface area contributed by atoms with E-state index in [9.17, 15) is 4.79 Å². The number of nitrogens with zero attached hydrogens (tertiary/aromatic N) is 1. The zero-order valence-electron chi connectivity index (χ0n) is 19.1. The van der Waals surface area contributed by atoms with Crippen LogP contribution in [0.2, 0.25) is 5.02 Å². The molecule has 0 unspecified atom stereocenters. The third kappa shape index (κ3) is 4.32. The van der Waals surface area contributed by atoms with Crippen LogP contribution in [-0.2, 0) is 4.74 Å². The zero-order chi connectivity index (χ0) is 23.8. The molecule has 170 valence electrons. The van der Waals surface area contributed by atoms with Crippen molar-refractivity contribution in [1.82, 2.24) is 9.88 Å². The molecule has 7 heteroatoms. The lowest BCUT2D eigenvalue weighted by Gasteiger charge is -2.36. The number of hydrogen-bond acceptors (Lipinski definition) is 5. The van der Waals surface area contributed by atoms with Gasteiger partial charge >= 0.3 is 0 Å². The molecule has 4 rings (SSSR count). The minimum Gasteiger partial charge on any atom is -0.393 e. The number of halogens is 1. The van der Waals surface area contributed by atoms with Crippen molar-refractivity contribution in [1.29, 1.82) is 5.41 Å². The highest BCUT2D eigenvalue weighted by molar-refractivity contribution is 6.30. The number of allylic oxidation sites excluding steroid dienone is 6. The van der Waals surface area contributed by atoms with Gasteiger partial charge in [-0.3, -0.25) is 9.36 Å². The van der Waals surface area contributed by atoms with E-state index in [0.29, 0.717) is 40.0 Å². The van der Waals surface area contributed by atoms with Crippen LogP contribution in [-0.4, -0.2) is 29.7 Å². The fourth-order valence-corrected chi connectivity index (χ4v) is 4.35. The molecule has 1 aliphatic heterocycles. The Morgan fingerprint density at radius 2 is 1.97 bits per heavy atom. The first-order valence-electron chi connectivity index (χ1n) is 10.8. The highest BCUT2D eigenvalue weighted by atomic mass is 35.5. The van der Waals surface area contributed by atoms with Crippen molar-refractivity contribution in [2.45, 2.75) is 26.5 Å². The van der Waals surface area contributed by atoms with E-state index in [2.05, 4.69) is 10.6 Å². The molecule has 2 aromatic rings. The van der Waals surface area contributed by atoms with Crippen LogP contribution in [0.3, 0.4) is 0 Å². The van der Waals surface area contributed by atoms with Gasteiger partial charge in [-0.15, -0.1) is 0 Å². The summed E-state index contributed by atoms with van der Waals surface area (Å²) in [7, 11) is 1.79. The quantitative estimate of drug-likeness (QED) is 0.574. The fraction of sp³-hybridized carbons (Fsp3) is 0.231. The summed E-state index contributed by atoms with van der Waals surface area (Å²) in [4.78, 5) is 13.9. The van der Waals surface area contributed by atoms with Gasteiger partial charge in [0.15, 0.2) is 5.72 Å². The van der Waals surface area contributed by atoms with E-state index in [1.807, 2.05) is 57.2 Å². The van der Waals surface area contributed by atoms with Gasteiger partial charge in [0.1, 0.15) is 5.82 Å². The summed E-state index contributed by atoms with van der Waals surface area (Å²) < 4.78 is 7.63. The average Bonchev–Trinajstić information content (AvgIpc) is 2.76. The maximum atomic E-state index is 13.9. The van der Waals surface area contributed by atoms with Gasteiger partial charge in [-0.25, -0.2) is 0 Å². The minimum atomic E-state index is -0.740. The molecule has 0 bridgehead atoms. The minimum absolute atomic E-state index is 0.176. The van der Waals surface area contributed by atoms with Crippen molar-refractivity contribution in [3.63, 3.8) is 0 Å². The van der Waals surface area contributed by atoms with E-state index in [1.165, 1.54) is 0 Å². The molecule has 1 aromatic carbocycles. The molecule has 2 heterocycles. The molecular weight excluding hydrogens is 436 g/mol. The second-order valence-electron chi connectivity index (χ2n) is 8.16. The predicted octanol–water partition coefficient (Wildman–Crippen LogP) is 5.15. The Bertz CT molecular complexity index is 1300. The molecule has 1 aliphatic carbocycles. The lowest BCUT2D eigenvalue weighted by molar-refractivity contribution is 0.0348. The average molecular weight is 463 g/mol. The number of pyridine rings is 1. The van der Waals surface area contributed by atoms with Crippen LogP contribution >= 0.6 is 11.6 Å². The van der Waals surface area contributed by atoms with Gasteiger partial charge in [0.25, 0.3) is 5.56 Å². The molecule has 0 fully saturated rings. The Kier molecular flexibility index (Phi) is 6.15. The third-order valence-corrected chi connectivity index (χ3v) is 5.93. The van der Waals surface area contributed by atoms with Crippen LogP contribution in [0.5, 0.6) is 0 Å². The van der Waals surface area contributed by atoms with E-state index >= 15 is 0 Å². The first kappa shape index (κ1) is 22.8. The van der Waals surface area contributed by atoms with Crippen LogP contribution in [0, 0.1) is 5.41 Å². The van der Waals surface area contributed by atoms with Crippen molar-refractivity contribution in [3.8, 4) is 5.69 Å². The molecule has 1 atom stereocenters. The molecule has 0 saturated carbocycles. The van der Waals surface area contributed by atoms with Crippen molar-refractivity contribution >= 4 is 34.3 Å². The van der Waals surface area contributed by atoms with Gasteiger partial charge in [-0.2, -0.15) is 0 Å². The number of benzene rings is 1. The topological polar surface area (TPSA) is 79.1 Å². The van der Waals surface area contributed by atoms with Crippen LogP contribution in [0.4, 0.5) is 5.82 Å². The van der Waals surface area contributed by atoms with Crippen molar-refractivity contribution < 1.29 is 4.74 Å². The molecule has 0 spiro atoms. The van der Waals surface area contributed by atoms with Crippen LogP contribution in [0.25, 0.3) is 16.8 Å².